The Balaban J connectivity index is 2.26. The van der Waals surface area contributed by atoms with Crippen LogP contribution in [0.2, 0.25) is 0 Å². The predicted octanol–water partition coefficient (Wildman–Crippen LogP) is 4.37. The van der Waals surface area contributed by atoms with Crippen LogP contribution in [0.1, 0.15) is 49.7 Å². The van der Waals surface area contributed by atoms with Crippen LogP contribution >= 0.6 is 15.9 Å². The van der Waals surface area contributed by atoms with Gasteiger partial charge in [0.15, 0.2) is 4.90 Å². The Bertz CT molecular complexity index is 1340. The van der Waals surface area contributed by atoms with Crippen LogP contribution < -0.4 is 5.56 Å². The number of nitrogens with zero attached hydrogens (tertiary/aromatic N) is 3. The zero-order chi connectivity index (χ0) is 23.5. The molecule has 0 spiro atoms. The number of rotatable bonds is 7. The van der Waals surface area contributed by atoms with E-state index in [9.17, 15) is 23.6 Å². The summed E-state index contributed by atoms with van der Waals surface area (Å²) in [6.45, 7) is 3.74. The van der Waals surface area contributed by atoms with E-state index in [-0.39, 0.29) is 4.90 Å². The van der Waals surface area contributed by atoms with Crippen molar-refractivity contribution in [3.63, 3.8) is 0 Å². The van der Waals surface area contributed by atoms with E-state index in [1.165, 1.54) is 16.7 Å². The number of halogens is 1. The zero-order valence-corrected chi connectivity index (χ0v) is 20.0. The van der Waals surface area contributed by atoms with Gasteiger partial charge in [-0.2, -0.15) is 10.2 Å². The summed E-state index contributed by atoms with van der Waals surface area (Å²) in [5, 5.41) is 20.4. The highest BCUT2D eigenvalue weighted by atomic mass is 79.9. The van der Waals surface area contributed by atoms with Gasteiger partial charge in [0.25, 0.3) is 5.56 Å². The van der Waals surface area contributed by atoms with E-state index in [0.717, 1.165) is 6.42 Å². The highest BCUT2D eigenvalue weighted by Crippen LogP contribution is 2.32. The number of aryl methyl sites for hydroxylation is 1. The molecule has 166 valence electrons. The molecule has 0 fully saturated rings. The third kappa shape index (κ3) is 4.61. The molecular formula is C23H22BrN3O4S. The predicted molar refractivity (Wildman–Crippen MR) is 123 cm³/mol. The third-order valence-electron chi connectivity index (χ3n) is 5.17. The van der Waals surface area contributed by atoms with Gasteiger partial charge >= 0.3 is 0 Å². The lowest BCUT2D eigenvalue weighted by atomic mass is 10.0. The molecule has 9 heteroatoms. The van der Waals surface area contributed by atoms with Gasteiger partial charge < -0.3 is 5.11 Å². The van der Waals surface area contributed by atoms with Crippen molar-refractivity contribution >= 4 is 25.8 Å². The summed E-state index contributed by atoms with van der Waals surface area (Å²) in [5.41, 5.74) is 0.112. The Labute approximate surface area is 195 Å². The Morgan fingerprint density at radius 1 is 1.22 bits per heavy atom. The minimum Gasteiger partial charge on any atom is -0.493 e. The molecule has 0 saturated heterocycles. The Kier molecular flexibility index (Phi) is 7.16. The molecule has 3 aromatic rings. The SMILES string of the molecule is CCCCc1nc(=O)c(S(=O)(=O)c2ccc(Br)cc2)c(O)n1[C@@H](C)c1cccc(C#N)c1. The van der Waals surface area contributed by atoms with Crippen LogP contribution in [0.3, 0.4) is 0 Å². The quantitative estimate of drug-likeness (QED) is 0.499. The first-order valence-electron chi connectivity index (χ1n) is 10.1. The molecule has 32 heavy (non-hydrogen) atoms. The standard InChI is InChI=1S/C23H22BrN3O4S/c1-3-4-8-20-26-22(28)21(32(30,31)19-11-9-18(24)10-12-19)23(29)27(20)15(2)17-7-5-6-16(13-17)14-25/h5-7,9-13,15,29H,3-4,8H2,1-2H3/t15-/m0/s1. The molecule has 0 bridgehead atoms. The van der Waals surface area contributed by atoms with Crippen LogP contribution in [0.5, 0.6) is 5.88 Å². The number of benzene rings is 2. The number of aromatic nitrogens is 2. The van der Waals surface area contributed by atoms with E-state index in [4.69, 9.17) is 0 Å². The van der Waals surface area contributed by atoms with Crippen LogP contribution in [0, 0.1) is 11.3 Å². The molecule has 0 aliphatic carbocycles. The summed E-state index contributed by atoms with van der Waals surface area (Å²) < 4.78 is 28.6. The van der Waals surface area contributed by atoms with Crippen LogP contribution in [-0.4, -0.2) is 23.1 Å². The van der Waals surface area contributed by atoms with E-state index < -0.39 is 32.2 Å². The Morgan fingerprint density at radius 2 is 1.91 bits per heavy atom. The fraction of sp³-hybridized carbons (Fsp3) is 0.261. The summed E-state index contributed by atoms with van der Waals surface area (Å²) in [6.07, 6.45) is 1.92. The number of aromatic hydroxyl groups is 1. The summed E-state index contributed by atoms with van der Waals surface area (Å²) in [4.78, 5) is 16.0. The molecule has 0 aliphatic heterocycles. The molecule has 3 rings (SSSR count). The van der Waals surface area contributed by atoms with Crippen molar-refractivity contribution in [2.45, 2.75) is 48.9 Å². The number of unbranched alkanes of at least 4 members (excludes halogenated alkanes) is 1. The molecule has 0 unspecified atom stereocenters. The van der Waals surface area contributed by atoms with E-state index in [1.54, 1.807) is 43.3 Å². The van der Waals surface area contributed by atoms with E-state index in [2.05, 4.69) is 27.0 Å². The number of hydrogen-bond acceptors (Lipinski definition) is 6. The number of sulfone groups is 1. The lowest BCUT2D eigenvalue weighted by Crippen LogP contribution is -2.27. The van der Waals surface area contributed by atoms with Crippen molar-refractivity contribution in [2.24, 2.45) is 0 Å². The van der Waals surface area contributed by atoms with Gasteiger partial charge in [0.1, 0.15) is 5.82 Å². The molecule has 0 amide bonds. The van der Waals surface area contributed by atoms with Gasteiger partial charge in [-0.15, -0.1) is 0 Å². The van der Waals surface area contributed by atoms with Gasteiger partial charge in [0, 0.05) is 10.9 Å². The van der Waals surface area contributed by atoms with Crippen LogP contribution in [0.15, 0.2) is 67.6 Å². The van der Waals surface area contributed by atoms with Crippen LogP contribution in [0.25, 0.3) is 0 Å². The van der Waals surface area contributed by atoms with Crippen molar-refractivity contribution in [1.29, 1.82) is 5.26 Å². The zero-order valence-electron chi connectivity index (χ0n) is 17.6. The second-order valence-corrected chi connectivity index (χ2v) is 10.1. The number of nitriles is 1. The van der Waals surface area contributed by atoms with E-state index >= 15 is 0 Å². The molecule has 1 atom stereocenters. The minimum absolute atomic E-state index is 0.123. The first kappa shape index (κ1) is 23.7. The fourth-order valence-corrected chi connectivity index (χ4v) is 5.06. The Hall–Kier alpha value is -2.96. The van der Waals surface area contributed by atoms with Crippen molar-refractivity contribution in [3.05, 3.63) is 80.3 Å². The first-order chi connectivity index (χ1) is 15.2. The normalized spacial score (nSPS) is 12.3. The molecule has 0 aliphatic rings. The van der Waals surface area contributed by atoms with Gasteiger partial charge in [-0.05, 0) is 55.3 Å². The van der Waals surface area contributed by atoms with Crippen molar-refractivity contribution in [3.8, 4) is 11.9 Å². The first-order valence-corrected chi connectivity index (χ1v) is 12.3. The lowest BCUT2D eigenvalue weighted by Gasteiger charge is -2.23. The minimum atomic E-state index is -4.32. The highest BCUT2D eigenvalue weighted by Gasteiger charge is 2.31. The van der Waals surface area contributed by atoms with Crippen molar-refractivity contribution in [1.82, 2.24) is 9.55 Å². The van der Waals surface area contributed by atoms with Crippen LogP contribution in [0.4, 0.5) is 0 Å². The average Bonchev–Trinajstić information content (AvgIpc) is 2.77. The van der Waals surface area contributed by atoms with Gasteiger partial charge in [0.05, 0.1) is 22.6 Å². The molecule has 0 saturated carbocycles. The molecule has 2 aromatic carbocycles. The third-order valence-corrected chi connectivity index (χ3v) is 7.48. The average molecular weight is 516 g/mol. The van der Waals surface area contributed by atoms with E-state index in [0.29, 0.717) is 34.3 Å². The summed E-state index contributed by atoms with van der Waals surface area (Å²) in [5.74, 6) is -0.368. The highest BCUT2D eigenvalue weighted by molar-refractivity contribution is 9.10. The summed E-state index contributed by atoms with van der Waals surface area (Å²) in [6, 6.07) is 14.1. The maximum absolute atomic E-state index is 13.3. The molecule has 1 heterocycles. The Morgan fingerprint density at radius 3 is 2.53 bits per heavy atom. The largest absolute Gasteiger partial charge is 0.493 e. The summed E-state index contributed by atoms with van der Waals surface area (Å²) in [7, 11) is -4.32. The smallest absolute Gasteiger partial charge is 0.296 e. The molecule has 0 radical (unpaired) electrons. The fourth-order valence-electron chi connectivity index (χ4n) is 3.45. The van der Waals surface area contributed by atoms with Gasteiger partial charge in [-0.3, -0.25) is 9.36 Å². The molecule has 1 aromatic heterocycles. The van der Waals surface area contributed by atoms with Crippen molar-refractivity contribution < 1.29 is 13.5 Å². The number of hydrogen-bond donors (Lipinski definition) is 1. The van der Waals surface area contributed by atoms with Gasteiger partial charge in [-0.1, -0.05) is 41.4 Å². The maximum atomic E-state index is 13.3. The maximum Gasteiger partial charge on any atom is 0.296 e. The summed E-state index contributed by atoms with van der Waals surface area (Å²) >= 11 is 3.25. The topological polar surface area (TPSA) is 113 Å². The van der Waals surface area contributed by atoms with Crippen molar-refractivity contribution in [2.75, 3.05) is 0 Å². The van der Waals surface area contributed by atoms with Gasteiger partial charge in [-0.25, -0.2) is 8.42 Å². The van der Waals surface area contributed by atoms with Crippen LogP contribution in [-0.2, 0) is 16.3 Å². The molecular weight excluding hydrogens is 494 g/mol. The molecule has 7 nitrogen and oxygen atoms in total. The monoisotopic (exact) mass is 515 g/mol. The second kappa shape index (κ2) is 9.67. The van der Waals surface area contributed by atoms with Gasteiger partial charge in [0.2, 0.25) is 15.7 Å². The molecule has 1 N–H and O–H groups in total. The lowest BCUT2D eigenvalue weighted by molar-refractivity contribution is 0.369. The van der Waals surface area contributed by atoms with E-state index in [1.807, 2.05) is 6.92 Å². The second-order valence-electron chi connectivity index (χ2n) is 7.33.